The van der Waals surface area contributed by atoms with E-state index in [0.717, 1.165) is 23.4 Å². The van der Waals surface area contributed by atoms with Crippen LogP contribution >= 0.6 is 0 Å². The van der Waals surface area contributed by atoms with Gasteiger partial charge in [0.1, 0.15) is 5.82 Å². The van der Waals surface area contributed by atoms with Crippen molar-refractivity contribution < 1.29 is 4.79 Å². The molecule has 2 rings (SSSR count). The fourth-order valence-corrected chi connectivity index (χ4v) is 2.33. The average molecular weight is 342 g/mol. The summed E-state index contributed by atoms with van der Waals surface area (Å²) in [6.07, 6.45) is 2.41. The SMILES string of the molecule is CCC(C)(N)CNc1cnc(C(N)=O)c(Nc2cc(C)cc(C)n2)c1. The highest BCUT2D eigenvalue weighted by Gasteiger charge is 2.16. The van der Waals surface area contributed by atoms with Crippen LogP contribution in [-0.2, 0) is 0 Å². The van der Waals surface area contributed by atoms with E-state index < -0.39 is 5.91 Å². The van der Waals surface area contributed by atoms with Gasteiger partial charge in [-0.25, -0.2) is 9.97 Å². The first-order valence-electron chi connectivity index (χ1n) is 8.25. The third kappa shape index (κ3) is 5.15. The molecule has 134 valence electrons. The van der Waals surface area contributed by atoms with Crippen LogP contribution in [0.5, 0.6) is 0 Å². The zero-order valence-corrected chi connectivity index (χ0v) is 15.2. The van der Waals surface area contributed by atoms with Crippen molar-refractivity contribution in [2.24, 2.45) is 11.5 Å². The third-order valence-electron chi connectivity index (χ3n) is 3.99. The Morgan fingerprint density at radius 3 is 2.60 bits per heavy atom. The molecular formula is C18H26N6O. The summed E-state index contributed by atoms with van der Waals surface area (Å²) < 4.78 is 0. The fraction of sp³-hybridized carbons (Fsp3) is 0.389. The number of aryl methyl sites for hydroxylation is 2. The van der Waals surface area contributed by atoms with Crippen LogP contribution in [-0.4, -0.2) is 28.0 Å². The Morgan fingerprint density at radius 2 is 2.00 bits per heavy atom. The van der Waals surface area contributed by atoms with Gasteiger partial charge in [0.25, 0.3) is 5.91 Å². The van der Waals surface area contributed by atoms with Crippen LogP contribution in [0, 0.1) is 13.8 Å². The van der Waals surface area contributed by atoms with Crippen LogP contribution in [0.15, 0.2) is 24.4 Å². The predicted octanol–water partition coefficient (Wildman–Crippen LogP) is 2.48. The van der Waals surface area contributed by atoms with Gasteiger partial charge in [0.2, 0.25) is 0 Å². The second-order valence-corrected chi connectivity index (χ2v) is 6.64. The largest absolute Gasteiger partial charge is 0.382 e. The van der Waals surface area contributed by atoms with Crippen molar-refractivity contribution in [2.45, 2.75) is 39.7 Å². The smallest absolute Gasteiger partial charge is 0.269 e. The summed E-state index contributed by atoms with van der Waals surface area (Å²) in [5.41, 5.74) is 14.6. The van der Waals surface area contributed by atoms with Gasteiger partial charge in [-0.3, -0.25) is 4.79 Å². The van der Waals surface area contributed by atoms with Crippen LogP contribution in [0.2, 0.25) is 0 Å². The van der Waals surface area contributed by atoms with Crippen LogP contribution in [0.3, 0.4) is 0 Å². The number of hydrogen-bond donors (Lipinski definition) is 4. The second kappa shape index (κ2) is 7.48. The van der Waals surface area contributed by atoms with E-state index in [1.54, 1.807) is 12.3 Å². The Hall–Kier alpha value is -2.67. The molecule has 2 aromatic heterocycles. The molecule has 25 heavy (non-hydrogen) atoms. The lowest BCUT2D eigenvalue weighted by atomic mass is 10.0. The Labute approximate surface area is 148 Å². The van der Waals surface area contributed by atoms with Crippen molar-refractivity contribution >= 4 is 23.1 Å². The first kappa shape index (κ1) is 18.7. The molecule has 7 heteroatoms. The van der Waals surface area contributed by atoms with E-state index in [0.29, 0.717) is 18.1 Å². The lowest BCUT2D eigenvalue weighted by Crippen LogP contribution is -2.42. The Morgan fingerprint density at radius 1 is 1.28 bits per heavy atom. The summed E-state index contributed by atoms with van der Waals surface area (Å²) in [5.74, 6) is 0.0341. The van der Waals surface area contributed by atoms with Crippen molar-refractivity contribution in [3.05, 3.63) is 41.3 Å². The number of aromatic nitrogens is 2. The van der Waals surface area contributed by atoms with Crippen molar-refractivity contribution in [3.63, 3.8) is 0 Å². The minimum atomic E-state index is -0.601. The minimum absolute atomic E-state index is 0.164. The van der Waals surface area contributed by atoms with Gasteiger partial charge < -0.3 is 22.1 Å². The molecule has 7 nitrogen and oxygen atoms in total. The Bertz CT molecular complexity index is 752. The van der Waals surface area contributed by atoms with Crippen LogP contribution in [0.25, 0.3) is 0 Å². The Balaban J connectivity index is 2.30. The molecule has 0 fully saturated rings. The third-order valence-corrected chi connectivity index (χ3v) is 3.99. The van der Waals surface area contributed by atoms with Gasteiger partial charge in [-0.1, -0.05) is 6.92 Å². The monoisotopic (exact) mass is 342 g/mol. The molecule has 0 saturated heterocycles. The van der Waals surface area contributed by atoms with Gasteiger partial charge in [-0.15, -0.1) is 0 Å². The molecule has 0 aliphatic heterocycles. The van der Waals surface area contributed by atoms with Crippen molar-refractivity contribution in [1.82, 2.24) is 9.97 Å². The summed E-state index contributed by atoms with van der Waals surface area (Å²) >= 11 is 0. The van der Waals surface area contributed by atoms with Gasteiger partial charge in [0, 0.05) is 17.8 Å². The molecule has 0 aliphatic rings. The van der Waals surface area contributed by atoms with Crippen molar-refractivity contribution in [3.8, 4) is 0 Å². The number of nitrogens with two attached hydrogens (primary N) is 2. The maximum Gasteiger partial charge on any atom is 0.269 e. The van der Waals surface area contributed by atoms with E-state index in [4.69, 9.17) is 11.5 Å². The number of pyridine rings is 2. The number of carbonyl (C=O) groups excluding carboxylic acids is 1. The molecule has 0 aromatic carbocycles. The quantitative estimate of drug-likeness (QED) is 0.614. The maximum absolute atomic E-state index is 11.7. The number of amides is 1. The second-order valence-electron chi connectivity index (χ2n) is 6.64. The first-order chi connectivity index (χ1) is 11.7. The predicted molar refractivity (Wildman–Crippen MR) is 101 cm³/mol. The molecule has 6 N–H and O–H groups in total. The molecule has 1 atom stereocenters. The lowest BCUT2D eigenvalue weighted by Gasteiger charge is -2.23. The number of anilines is 3. The maximum atomic E-state index is 11.7. The Kier molecular flexibility index (Phi) is 5.58. The first-order valence-corrected chi connectivity index (χ1v) is 8.25. The zero-order valence-electron chi connectivity index (χ0n) is 15.2. The van der Waals surface area contributed by atoms with Gasteiger partial charge in [0.15, 0.2) is 5.69 Å². The minimum Gasteiger partial charge on any atom is -0.382 e. The normalized spacial score (nSPS) is 13.2. The summed E-state index contributed by atoms with van der Waals surface area (Å²) in [7, 11) is 0. The molecule has 0 spiro atoms. The summed E-state index contributed by atoms with van der Waals surface area (Å²) in [5, 5.41) is 6.39. The van der Waals surface area contributed by atoms with Gasteiger partial charge in [0.05, 0.1) is 17.6 Å². The van der Waals surface area contributed by atoms with E-state index >= 15 is 0 Å². The summed E-state index contributed by atoms with van der Waals surface area (Å²) in [6, 6.07) is 5.66. The highest BCUT2D eigenvalue weighted by Crippen LogP contribution is 2.23. The summed E-state index contributed by atoms with van der Waals surface area (Å²) in [6.45, 7) is 8.50. The number of carbonyl (C=O) groups is 1. The molecule has 2 heterocycles. The molecule has 0 aliphatic carbocycles. The van der Waals surface area contributed by atoms with E-state index in [2.05, 4.69) is 20.6 Å². The van der Waals surface area contributed by atoms with Crippen molar-refractivity contribution in [1.29, 1.82) is 0 Å². The van der Waals surface area contributed by atoms with Crippen LogP contribution in [0.1, 0.15) is 42.0 Å². The van der Waals surface area contributed by atoms with Gasteiger partial charge >= 0.3 is 0 Å². The fourth-order valence-electron chi connectivity index (χ4n) is 2.33. The number of nitrogens with zero attached hydrogens (tertiary/aromatic N) is 2. The molecule has 1 unspecified atom stereocenters. The van der Waals surface area contributed by atoms with Gasteiger partial charge in [-0.2, -0.15) is 0 Å². The molecule has 0 bridgehead atoms. The molecule has 0 radical (unpaired) electrons. The topological polar surface area (TPSA) is 119 Å². The lowest BCUT2D eigenvalue weighted by molar-refractivity contribution is 0.0996. The number of nitrogens with one attached hydrogen (secondary N) is 2. The van der Waals surface area contributed by atoms with E-state index in [1.165, 1.54) is 0 Å². The highest BCUT2D eigenvalue weighted by atomic mass is 16.1. The van der Waals surface area contributed by atoms with E-state index in [9.17, 15) is 4.79 Å². The zero-order chi connectivity index (χ0) is 18.6. The molecule has 2 aromatic rings. The van der Waals surface area contributed by atoms with E-state index in [1.807, 2.05) is 39.8 Å². The highest BCUT2D eigenvalue weighted by molar-refractivity contribution is 5.97. The number of rotatable bonds is 7. The molecular weight excluding hydrogens is 316 g/mol. The number of primary amides is 1. The molecule has 0 saturated carbocycles. The average Bonchev–Trinajstić information content (AvgIpc) is 2.52. The van der Waals surface area contributed by atoms with Gasteiger partial charge in [-0.05, 0) is 51.0 Å². The molecule has 1 amide bonds. The van der Waals surface area contributed by atoms with Crippen LogP contribution < -0.4 is 22.1 Å². The number of hydrogen-bond acceptors (Lipinski definition) is 6. The summed E-state index contributed by atoms with van der Waals surface area (Å²) in [4.78, 5) is 20.3. The van der Waals surface area contributed by atoms with Crippen LogP contribution in [0.4, 0.5) is 17.2 Å². The van der Waals surface area contributed by atoms with E-state index in [-0.39, 0.29) is 11.2 Å². The van der Waals surface area contributed by atoms with Crippen molar-refractivity contribution in [2.75, 3.05) is 17.2 Å². The standard InChI is InChI=1S/C18H26N6O/c1-5-18(4,20)10-22-13-8-14(16(17(19)25)21-9-13)24-15-7-11(2)6-12(3)23-15/h6-9,22H,5,10,20H2,1-4H3,(H2,19,25)(H,23,24).